The van der Waals surface area contributed by atoms with E-state index in [1.807, 2.05) is 42.5 Å². The largest absolute Gasteiger partial charge is 0.497 e. The molecule has 0 bridgehead atoms. The highest BCUT2D eigenvalue weighted by molar-refractivity contribution is 6.50. The third-order valence-corrected chi connectivity index (χ3v) is 4.95. The van der Waals surface area contributed by atoms with Crippen LogP contribution in [0.3, 0.4) is 0 Å². The predicted molar refractivity (Wildman–Crippen MR) is 103 cm³/mol. The molecule has 0 atom stereocenters. The second-order valence-corrected chi connectivity index (χ2v) is 6.40. The quantitative estimate of drug-likeness (QED) is 0.492. The summed E-state index contributed by atoms with van der Waals surface area (Å²) in [5.74, 6) is -0.108. The van der Waals surface area contributed by atoms with E-state index in [1.165, 1.54) is 0 Å². The molecule has 0 spiro atoms. The Morgan fingerprint density at radius 3 is 2.11 bits per heavy atom. The number of amides is 2. The summed E-state index contributed by atoms with van der Waals surface area (Å²) in [4.78, 5) is 31.7. The minimum Gasteiger partial charge on any atom is -0.497 e. The number of nitrogens with one attached hydrogen (secondary N) is 3. The second-order valence-electron chi connectivity index (χ2n) is 6.40. The Bertz CT molecular complexity index is 1280. The highest BCUT2D eigenvalue weighted by Gasteiger charge is 2.34. The third kappa shape index (κ3) is 2.20. The molecule has 2 amide bonds. The number of para-hydroxylation sites is 1. The second kappa shape index (κ2) is 5.60. The molecule has 0 saturated carbocycles. The lowest BCUT2D eigenvalue weighted by atomic mass is 9.95. The zero-order valence-corrected chi connectivity index (χ0v) is 14.4. The molecule has 0 aliphatic carbocycles. The maximum atomic E-state index is 12.7. The van der Waals surface area contributed by atoms with E-state index in [0.717, 1.165) is 21.8 Å². The molecule has 0 saturated heterocycles. The smallest absolute Gasteiger partial charge is 0.259 e. The van der Waals surface area contributed by atoms with Crippen LogP contribution in [0.4, 0.5) is 0 Å². The van der Waals surface area contributed by atoms with Crippen molar-refractivity contribution in [2.75, 3.05) is 7.11 Å². The Labute approximate surface area is 153 Å². The fourth-order valence-electron chi connectivity index (χ4n) is 3.68. The number of fused-ring (bicyclic) bond motifs is 2. The molecule has 2 aromatic carbocycles. The summed E-state index contributed by atoms with van der Waals surface area (Å²) < 4.78 is 5.31. The lowest BCUT2D eigenvalue weighted by molar-refractivity contribution is -0.122. The van der Waals surface area contributed by atoms with Crippen LogP contribution in [0.5, 0.6) is 5.75 Å². The van der Waals surface area contributed by atoms with Crippen molar-refractivity contribution < 1.29 is 14.3 Å². The number of carbonyl (C=O) groups excluding carboxylic acids is 2. The summed E-state index contributed by atoms with van der Waals surface area (Å²) in [5, 5.41) is 4.16. The van der Waals surface area contributed by atoms with E-state index in [9.17, 15) is 9.59 Å². The number of H-pyrrole nitrogens is 2. The summed E-state index contributed by atoms with van der Waals surface area (Å²) in [5.41, 5.74) is 3.90. The molecule has 4 aromatic rings. The number of methoxy groups -OCH3 is 1. The van der Waals surface area contributed by atoms with Crippen molar-refractivity contribution in [1.82, 2.24) is 15.3 Å². The Hall–Kier alpha value is -3.80. The third-order valence-electron chi connectivity index (χ3n) is 4.95. The van der Waals surface area contributed by atoms with Gasteiger partial charge in [-0.05, 0) is 24.3 Å². The predicted octanol–water partition coefficient (Wildman–Crippen LogP) is 3.23. The average Bonchev–Trinajstić information content (AvgIpc) is 3.36. The van der Waals surface area contributed by atoms with Gasteiger partial charge in [-0.2, -0.15) is 0 Å². The Morgan fingerprint density at radius 2 is 1.41 bits per heavy atom. The number of benzene rings is 2. The summed E-state index contributed by atoms with van der Waals surface area (Å²) in [7, 11) is 1.59. The molecule has 132 valence electrons. The van der Waals surface area contributed by atoms with Crippen molar-refractivity contribution in [2.24, 2.45) is 0 Å². The molecule has 3 heterocycles. The van der Waals surface area contributed by atoms with Gasteiger partial charge in [0.15, 0.2) is 0 Å². The van der Waals surface area contributed by atoms with Crippen LogP contribution in [0.25, 0.3) is 33.0 Å². The van der Waals surface area contributed by atoms with Gasteiger partial charge in [-0.1, -0.05) is 18.2 Å². The number of carbonyl (C=O) groups is 2. The molecule has 2 aromatic heterocycles. The van der Waals surface area contributed by atoms with E-state index >= 15 is 0 Å². The first kappa shape index (κ1) is 15.5. The first-order chi connectivity index (χ1) is 13.2. The summed E-state index contributed by atoms with van der Waals surface area (Å²) in [6, 6.07) is 13.3. The van der Waals surface area contributed by atoms with Crippen LogP contribution in [0.2, 0.25) is 0 Å². The lowest BCUT2D eigenvalue weighted by Gasteiger charge is -2.04. The van der Waals surface area contributed by atoms with Gasteiger partial charge in [0.2, 0.25) is 0 Å². The molecule has 6 nitrogen and oxygen atoms in total. The molecular weight excluding hydrogens is 342 g/mol. The molecule has 0 fully saturated rings. The highest BCUT2D eigenvalue weighted by atomic mass is 16.5. The summed E-state index contributed by atoms with van der Waals surface area (Å²) in [6.07, 6.45) is 3.53. The molecular formula is C21H15N3O3. The zero-order valence-electron chi connectivity index (χ0n) is 14.4. The molecule has 5 rings (SSSR count). The van der Waals surface area contributed by atoms with Crippen LogP contribution in [-0.4, -0.2) is 28.9 Å². The van der Waals surface area contributed by atoms with Gasteiger partial charge in [-0.25, -0.2) is 0 Å². The van der Waals surface area contributed by atoms with E-state index in [0.29, 0.717) is 28.0 Å². The first-order valence-electron chi connectivity index (χ1n) is 8.49. The maximum absolute atomic E-state index is 12.7. The minimum atomic E-state index is -0.399. The number of hydrogen-bond acceptors (Lipinski definition) is 3. The normalized spacial score (nSPS) is 14.4. The van der Waals surface area contributed by atoms with Crippen molar-refractivity contribution in [1.29, 1.82) is 0 Å². The number of aromatic amines is 2. The van der Waals surface area contributed by atoms with Crippen molar-refractivity contribution in [3.8, 4) is 5.75 Å². The van der Waals surface area contributed by atoms with Crippen LogP contribution in [0, 0.1) is 0 Å². The zero-order chi connectivity index (χ0) is 18.5. The fraction of sp³-hybridized carbons (Fsp3) is 0.0476. The van der Waals surface area contributed by atoms with E-state index < -0.39 is 11.8 Å². The van der Waals surface area contributed by atoms with Gasteiger partial charge in [0, 0.05) is 45.3 Å². The standard InChI is InChI=1S/C21H15N3O3/c1-27-11-6-7-17-13(8-11)15(10-23-17)19-18(20(25)24-21(19)26)14-9-22-16-5-3-2-4-12(14)16/h2-10,22-23H,1H3,(H,24,25,26). The number of hydrogen-bond donors (Lipinski definition) is 3. The molecule has 0 radical (unpaired) electrons. The van der Waals surface area contributed by atoms with E-state index in [1.54, 1.807) is 19.5 Å². The fourth-order valence-corrected chi connectivity index (χ4v) is 3.68. The van der Waals surface area contributed by atoms with Gasteiger partial charge in [0.25, 0.3) is 11.8 Å². The van der Waals surface area contributed by atoms with Crippen molar-refractivity contribution in [3.05, 3.63) is 66.0 Å². The van der Waals surface area contributed by atoms with E-state index in [2.05, 4.69) is 15.3 Å². The van der Waals surface area contributed by atoms with Crippen LogP contribution in [0.15, 0.2) is 54.9 Å². The van der Waals surface area contributed by atoms with Gasteiger partial charge in [-0.3, -0.25) is 14.9 Å². The minimum absolute atomic E-state index is 0.365. The molecule has 1 aliphatic heterocycles. The lowest BCUT2D eigenvalue weighted by Crippen LogP contribution is -2.22. The van der Waals surface area contributed by atoms with Crippen LogP contribution in [-0.2, 0) is 9.59 Å². The first-order valence-corrected chi connectivity index (χ1v) is 8.49. The van der Waals surface area contributed by atoms with E-state index in [4.69, 9.17) is 4.74 Å². The number of rotatable bonds is 3. The summed E-state index contributed by atoms with van der Waals surface area (Å²) >= 11 is 0. The van der Waals surface area contributed by atoms with Crippen molar-refractivity contribution in [2.45, 2.75) is 0 Å². The van der Waals surface area contributed by atoms with Crippen molar-refractivity contribution >= 4 is 44.8 Å². The highest BCUT2D eigenvalue weighted by Crippen LogP contribution is 2.38. The Balaban J connectivity index is 1.82. The van der Waals surface area contributed by atoms with Gasteiger partial charge in [0.1, 0.15) is 5.75 Å². The SMILES string of the molecule is COc1ccc2[nH]cc(C3=C(c4c[nH]c5ccccc45)C(=O)NC3=O)c2c1. The number of ether oxygens (including phenoxy) is 1. The Kier molecular flexibility index (Phi) is 3.21. The van der Waals surface area contributed by atoms with E-state index in [-0.39, 0.29) is 0 Å². The molecule has 3 N–H and O–H groups in total. The van der Waals surface area contributed by atoms with Crippen LogP contribution in [0.1, 0.15) is 11.1 Å². The van der Waals surface area contributed by atoms with Crippen LogP contribution >= 0.6 is 0 Å². The molecule has 1 aliphatic rings. The average molecular weight is 357 g/mol. The molecule has 0 unspecified atom stereocenters. The number of imide groups is 1. The maximum Gasteiger partial charge on any atom is 0.259 e. The molecule has 6 heteroatoms. The van der Waals surface area contributed by atoms with Gasteiger partial charge in [0.05, 0.1) is 18.3 Å². The Morgan fingerprint density at radius 1 is 0.778 bits per heavy atom. The van der Waals surface area contributed by atoms with Gasteiger partial charge in [-0.15, -0.1) is 0 Å². The number of aromatic nitrogens is 2. The van der Waals surface area contributed by atoms with Gasteiger partial charge < -0.3 is 14.7 Å². The molecule has 27 heavy (non-hydrogen) atoms. The topological polar surface area (TPSA) is 87.0 Å². The van der Waals surface area contributed by atoms with Crippen LogP contribution < -0.4 is 10.1 Å². The van der Waals surface area contributed by atoms with Gasteiger partial charge >= 0.3 is 0 Å². The summed E-state index contributed by atoms with van der Waals surface area (Å²) in [6.45, 7) is 0. The monoisotopic (exact) mass is 357 g/mol. The van der Waals surface area contributed by atoms with Crippen molar-refractivity contribution in [3.63, 3.8) is 0 Å².